The van der Waals surface area contributed by atoms with Crippen molar-refractivity contribution in [3.8, 4) is 0 Å². The highest BCUT2D eigenvalue weighted by Crippen LogP contribution is 2.30. The molecule has 5 heteroatoms. The van der Waals surface area contributed by atoms with Crippen molar-refractivity contribution in [3.63, 3.8) is 0 Å². The van der Waals surface area contributed by atoms with Crippen molar-refractivity contribution in [2.24, 2.45) is 17.7 Å². The van der Waals surface area contributed by atoms with E-state index in [2.05, 4.69) is 18.7 Å². The smallest absolute Gasteiger partial charge is 0.328 e. The minimum atomic E-state index is -0.389. The second-order valence-corrected chi connectivity index (χ2v) is 4.75. The number of nitrogens with two attached hydrogens (primary N) is 1. The first-order chi connectivity index (χ1) is 7.61. The van der Waals surface area contributed by atoms with Crippen molar-refractivity contribution >= 4 is 5.97 Å². The van der Waals surface area contributed by atoms with Gasteiger partial charge in [-0.2, -0.15) is 0 Å². The fourth-order valence-corrected chi connectivity index (χ4v) is 2.43. The maximum absolute atomic E-state index is 11.0. The van der Waals surface area contributed by atoms with Crippen LogP contribution in [-0.4, -0.2) is 18.7 Å². The number of carbonyl (C=O) groups excluding carboxylic acids is 1. The molecule has 16 heavy (non-hydrogen) atoms. The average Bonchev–Trinajstić information content (AvgIpc) is 2.16. The molecule has 3 N–H and O–H groups in total. The molecule has 2 atom stereocenters. The molecule has 0 amide bonds. The highest BCUT2D eigenvalue weighted by atomic mass is 16.7. The summed E-state index contributed by atoms with van der Waals surface area (Å²) in [5, 5.41) is 0. The van der Waals surface area contributed by atoms with E-state index >= 15 is 0 Å². The van der Waals surface area contributed by atoms with Gasteiger partial charge >= 0.3 is 5.97 Å². The van der Waals surface area contributed by atoms with E-state index in [0.717, 1.165) is 12.8 Å². The van der Waals surface area contributed by atoms with Crippen molar-refractivity contribution < 1.29 is 14.4 Å². The Morgan fingerprint density at radius 2 is 1.94 bits per heavy atom. The highest BCUT2D eigenvalue weighted by Gasteiger charge is 2.24. The van der Waals surface area contributed by atoms with E-state index in [-0.39, 0.29) is 18.5 Å². The number of hydrazine groups is 1. The van der Waals surface area contributed by atoms with E-state index in [4.69, 9.17) is 10.6 Å². The minimum absolute atomic E-state index is 0.240. The first-order valence-corrected chi connectivity index (χ1v) is 5.88. The topological polar surface area (TPSA) is 73.6 Å². The molecule has 0 heterocycles. The van der Waals surface area contributed by atoms with Gasteiger partial charge in [0.25, 0.3) is 0 Å². The Bertz CT molecular complexity index is 213. The molecule has 5 nitrogen and oxygen atoms in total. The third-order valence-electron chi connectivity index (χ3n) is 2.97. The average molecular weight is 230 g/mol. The second kappa shape index (κ2) is 6.83. The fourth-order valence-electron chi connectivity index (χ4n) is 2.43. The molecular formula is C11H22N2O3. The molecule has 0 aromatic rings. The Balaban J connectivity index is 2.14. The maximum atomic E-state index is 11.0. The van der Waals surface area contributed by atoms with E-state index in [9.17, 15) is 4.79 Å². The van der Waals surface area contributed by atoms with Crippen LogP contribution in [0.2, 0.25) is 0 Å². The summed E-state index contributed by atoms with van der Waals surface area (Å²) in [4.78, 5) is 15.4. The van der Waals surface area contributed by atoms with Gasteiger partial charge < -0.3 is 9.57 Å². The van der Waals surface area contributed by atoms with Crippen molar-refractivity contribution in [2.45, 2.75) is 45.6 Å². The Labute approximate surface area is 96.6 Å². The molecule has 2 unspecified atom stereocenters. The van der Waals surface area contributed by atoms with Gasteiger partial charge in [0, 0.05) is 0 Å². The van der Waals surface area contributed by atoms with Crippen LogP contribution in [0, 0.1) is 11.8 Å². The van der Waals surface area contributed by atoms with E-state index < -0.39 is 0 Å². The summed E-state index contributed by atoms with van der Waals surface area (Å²) in [6.45, 7) is 4.90. The zero-order valence-electron chi connectivity index (χ0n) is 10.1. The number of hydrogen-bond donors (Lipinski definition) is 2. The molecule has 0 aromatic heterocycles. The van der Waals surface area contributed by atoms with Crippen LogP contribution in [0.25, 0.3) is 0 Å². The summed E-state index contributed by atoms with van der Waals surface area (Å²) < 4.78 is 5.67. The summed E-state index contributed by atoms with van der Waals surface area (Å²) in [5.74, 6) is 5.89. The third kappa shape index (κ3) is 4.92. The van der Waals surface area contributed by atoms with Crippen molar-refractivity contribution in [2.75, 3.05) is 6.61 Å². The Kier molecular flexibility index (Phi) is 5.73. The van der Waals surface area contributed by atoms with Gasteiger partial charge in [0.1, 0.15) is 0 Å². The maximum Gasteiger partial charge on any atom is 0.328 e. The van der Waals surface area contributed by atoms with Gasteiger partial charge in [-0.1, -0.05) is 19.4 Å². The lowest BCUT2D eigenvalue weighted by Crippen LogP contribution is -2.29. The van der Waals surface area contributed by atoms with Gasteiger partial charge in [-0.25, -0.2) is 5.84 Å². The number of nitrogens with one attached hydrogen (secondary N) is 1. The molecule has 0 saturated heterocycles. The zero-order chi connectivity index (χ0) is 12.0. The molecule has 0 bridgehead atoms. The van der Waals surface area contributed by atoms with Crippen LogP contribution >= 0.6 is 0 Å². The molecule has 0 spiro atoms. The van der Waals surface area contributed by atoms with Gasteiger partial charge in [0.15, 0.2) is 0 Å². The van der Waals surface area contributed by atoms with Crippen LogP contribution in [0.15, 0.2) is 0 Å². The summed E-state index contributed by atoms with van der Waals surface area (Å²) in [7, 11) is 0. The van der Waals surface area contributed by atoms with E-state index in [1.165, 1.54) is 6.42 Å². The predicted molar refractivity (Wildman–Crippen MR) is 60.0 cm³/mol. The monoisotopic (exact) mass is 230 g/mol. The molecule has 1 aliphatic rings. The molecular weight excluding hydrogens is 208 g/mol. The molecule has 1 aliphatic carbocycles. The largest absolute Gasteiger partial charge is 0.378 e. The molecule has 0 radical (unpaired) electrons. The third-order valence-corrected chi connectivity index (χ3v) is 2.97. The quantitative estimate of drug-likeness (QED) is 0.547. The van der Waals surface area contributed by atoms with Gasteiger partial charge in [-0.15, -0.1) is 0 Å². The molecule has 1 rings (SSSR count). The lowest BCUT2D eigenvalue weighted by Gasteiger charge is -2.31. The van der Waals surface area contributed by atoms with E-state index in [1.807, 2.05) is 5.59 Å². The standard InChI is InChI=1S/C11H22N2O3/c1-8-5-9(2)7-10(6-8)15-4-3-11(14)16-13-12/h8-10,13H,3-7,12H2,1-2H3. The first kappa shape index (κ1) is 13.4. The van der Waals surface area contributed by atoms with Crippen LogP contribution in [0.1, 0.15) is 39.5 Å². The summed E-state index contributed by atoms with van der Waals surface area (Å²) >= 11 is 0. The number of hydrogen-bond acceptors (Lipinski definition) is 5. The van der Waals surface area contributed by atoms with Gasteiger partial charge in [-0.05, 0) is 31.1 Å². The number of rotatable bonds is 5. The molecule has 1 fully saturated rings. The summed E-state index contributed by atoms with van der Waals surface area (Å²) in [6.07, 6.45) is 3.99. The Morgan fingerprint density at radius 3 is 2.50 bits per heavy atom. The fraction of sp³-hybridized carbons (Fsp3) is 0.909. The van der Waals surface area contributed by atoms with Crippen molar-refractivity contribution in [1.82, 2.24) is 5.59 Å². The molecule has 1 saturated carbocycles. The van der Waals surface area contributed by atoms with E-state index in [0.29, 0.717) is 18.4 Å². The summed E-state index contributed by atoms with van der Waals surface area (Å²) in [6, 6.07) is 0. The normalized spacial score (nSPS) is 30.1. The van der Waals surface area contributed by atoms with Crippen LogP contribution in [0.5, 0.6) is 0 Å². The van der Waals surface area contributed by atoms with Crippen LogP contribution < -0.4 is 11.4 Å². The molecule has 94 valence electrons. The number of ether oxygens (including phenoxy) is 1. The minimum Gasteiger partial charge on any atom is -0.378 e. The highest BCUT2D eigenvalue weighted by molar-refractivity contribution is 5.69. The van der Waals surface area contributed by atoms with Crippen molar-refractivity contribution in [3.05, 3.63) is 0 Å². The molecule has 0 aromatic carbocycles. The Morgan fingerprint density at radius 1 is 1.31 bits per heavy atom. The first-order valence-electron chi connectivity index (χ1n) is 5.88. The summed E-state index contributed by atoms with van der Waals surface area (Å²) in [5.41, 5.74) is 1.86. The van der Waals surface area contributed by atoms with Crippen molar-refractivity contribution in [1.29, 1.82) is 0 Å². The lowest BCUT2D eigenvalue weighted by molar-refractivity contribution is -0.153. The van der Waals surface area contributed by atoms with Crippen LogP contribution in [0.3, 0.4) is 0 Å². The van der Waals surface area contributed by atoms with Gasteiger partial charge in [0.05, 0.1) is 19.1 Å². The number of carbonyl (C=O) groups is 1. The van der Waals surface area contributed by atoms with Gasteiger partial charge in [-0.3, -0.25) is 4.79 Å². The second-order valence-electron chi connectivity index (χ2n) is 4.75. The van der Waals surface area contributed by atoms with Crippen LogP contribution in [0.4, 0.5) is 0 Å². The van der Waals surface area contributed by atoms with E-state index in [1.54, 1.807) is 0 Å². The Hall–Kier alpha value is -0.650. The SMILES string of the molecule is CC1CC(C)CC(OCCC(=O)ONN)C1. The van der Waals surface area contributed by atoms with Gasteiger partial charge in [0.2, 0.25) is 0 Å². The lowest BCUT2D eigenvalue weighted by atomic mass is 9.82. The molecule has 0 aliphatic heterocycles. The van der Waals surface area contributed by atoms with Crippen LogP contribution in [-0.2, 0) is 14.4 Å². The zero-order valence-corrected chi connectivity index (χ0v) is 10.1. The predicted octanol–water partition coefficient (Wildman–Crippen LogP) is 1.14.